The fraction of sp³-hybridized carbons (Fsp3) is 0.500. The minimum atomic E-state index is -5.70. The van der Waals surface area contributed by atoms with E-state index in [4.69, 9.17) is 4.98 Å². The van der Waals surface area contributed by atoms with Gasteiger partial charge in [-0.15, -0.1) is 0 Å². The molecule has 1 aromatic carbocycles. The summed E-state index contributed by atoms with van der Waals surface area (Å²) >= 11 is 3.65. The first kappa shape index (κ1) is 21.2. The highest BCUT2D eigenvalue weighted by Gasteiger charge is 2.49. The monoisotopic (exact) mass is 515 g/mol. The van der Waals surface area contributed by atoms with Gasteiger partial charge >= 0.3 is 15.6 Å². The van der Waals surface area contributed by atoms with E-state index >= 15 is 0 Å². The van der Waals surface area contributed by atoms with Crippen molar-refractivity contribution in [2.24, 2.45) is 5.41 Å². The first-order valence-corrected chi connectivity index (χ1v) is 12.6. The van der Waals surface area contributed by atoms with Crippen LogP contribution in [0.4, 0.5) is 13.2 Å². The predicted octanol–water partition coefficient (Wildman–Crippen LogP) is 5.89. The van der Waals surface area contributed by atoms with Crippen molar-refractivity contribution >= 4 is 26.0 Å². The number of hydrogen-bond acceptors (Lipinski definition) is 4. The number of benzene rings is 1. The maximum atomic E-state index is 12.8. The van der Waals surface area contributed by atoms with Gasteiger partial charge in [-0.05, 0) is 101 Å². The highest BCUT2D eigenvalue weighted by atomic mass is 79.9. The lowest BCUT2D eigenvalue weighted by atomic mass is 9.83. The van der Waals surface area contributed by atoms with Crippen LogP contribution in [0.2, 0.25) is 0 Å². The molecule has 0 atom stereocenters. The molecule has 0 amide bonds. The van der Waals surface area contributed by atoms with Gasteiger partial charge in [-0.25, -0.2) is 0 Å². The van der Waals surface area contributed by atoms with Crippen LogP contribution in [0.1, 0.15) is 54.4 Å². The van der Waals surface area contributed by atoms with Crippen LogP contribution in [0, 0.1) is 5.41 Å². The largest absolute Gasteiger partial charge is 0.534 e. The number of halogens is 4. The van der Waals surface area contributed by atoms with Gasteiger partial charge in [0, 0.05) is 16.2 Å². The Morgan fingerprint density at radius 3 is 2.35 bits per heavy atom. The Balaban J connectivity index is 1.58. The van der Waals surface area contributed by atoms with Crippen molar-refractivity contribution in [2.45, 2.75) is 63.3 Å². The predicted molar refractivity (Wildman–Crippen MR) is 113 cm³/mol. The molecule has 0 unspecified atom stereocenters. The van der Waals surface area contributed by atoms with Crippen molar-refractivity contribution in [2.75, 3.05) is 0 Å². The van der Waals surface area contributed by atoms with Crippen LogP contribution in [0.5, 0.6) is 5.75 Å². The van der Waals surface area contributed by atoms with Gasteiger partial charge in [0.25, 0.3) is 0 Å². The van der Waals surface area contributed by atoms with Gasteiger partial charge in [0.1, 0.15) is 5.75 Å². The van der Waals surface area contributed by atoms with Crippen molar-refractivity contribution in [1.82, 2.24) is 4.98 Å². The van der Waals surface area contributed by atoms with E-state index in [-0.39, 0.29) is 11.2 Å². The van der Waals surface area contributed by atoms with Gasteiger partial charge in [-0.1, -0.05) is 12.8 Å². The summed E-state index contributed by atoms with van der Waals surface area (Å²) in [4.78, 5) is 4.71. The summed E-state index contributed by atoms with van der Waals surface area (Å²) in [6.45, 7) is 0. The SMILES string of the molecule is O=S(=O)(Oc1ccc(-c2ncc(Br)c3c2CC2(CCCC2)C3)c2c1CCC2)C(F)(F)F. The number of hydrogen-bond donors (Lipinski definition) is 0. The minimum absolute atomic E-state index is 0.227. The zero-order valence-electron chi connectivity index (χ0n) is 16.7. The molecule has 3 aliphatic rings. The Morgan fingerprint density at radius 2 is 1.65 bits per heavy atom. The molecule has 31 heavy (non-hydrogen) atoms. The fourth-order valence-corrected chi connectivity index (χ4v) is 6.58. The van der Waals surface area contributed by atoms with Gasteiger partial charge in [0.2, 0.25) is 0 Å². The molecule has 1 saturated carbocycles. The Kier molecular flexibility index (Phi) is 4.93. The Morgan fingerprint density at radius 1 is 0.968 bits per heavy atom. The lowest BCUT2D eigenvalue weighted by Crippen LogP contribution is -2.28. The molecule has 1 aromatic heterocycles. The summed E-state index contributed by atoms with van der Waals surface area (Å²) in [5.74, 6) is -0.227. The molecule has 5 rings (SSSR count). The summed E-state index contributed by atoms with van der Waals surface area (Å²) in [5, 5.41) is 0. The fourth-order valence-electron chi connectivity index (χ4n) is 5.61. The van der Waals surface area contributed by atoms with Crippen LogP contribution in [-0.2, 0) is 35.8 Å². The van der Waals surface area contributed by atoms with E-state index in [0.29, 0.717) is 18.4 Å². The van der Waals surface area contributed by atoms with E-state index in [1.165, 1.54) is 42.9 Å². The highest BCUT2D eigenvalue weighted by molar-refractivity contribution is 9.10. The molecule has 2 aromatic rings. The first-order valence-electron chi connectivity index (χ1n) is 10.4. The summed E-state index contributed by atoms with van der Waals surface area (Å²) < 4.78 is 67.1. The number of alkyl halides is 3. The van der Waals surface area contributed by atoms with Gasteiger partial charge in [-0.2, -0.15) is 21.6 Å². The maximum absolute atomic E-state index is 12.8. The lowest BCUT2D eigenvalue weighted by molar-refractivity contribution is -0.0500. The van der Waals surface area contributed by atoms with Crippen LogP contribution in [0.25, 0.3) is 11.3 Å². The van der Waals surface area contributed by atoms with Crippen LogP contribution in [0.3, 0.4) is 0 Å². The average Bonchev–Trinajstić information content (AvgIpc) is 3.42. The third kappa shape index (κ3) is 3.48. The molecular formula is C22H21BrF3NO3S. The van der Waals surface area contributed by atoms with E-state index in [1.807, 2.05) is 6.20 Å². The Labute approximate surface area is 187 Å². The Bertz CT molecular complexity index is 1170. The van der Waals surface area contributed by atoms with E-state index in [0.717, 1.165) is 40.6 Å². The minimum Gasteiger partial charge on any atom is -0.376 e. The van der Waals surface area contributed by atoms with Crippen molar-refractivity contribution < 1.29 is 25.8 Å². The molecule has 3 aliphatic carbocycles. The van der Waals surface area contributed by atoms with Crippen LogP contribution < -0.4 is 4.18 Å². The second-order valence-corrected chi connectivity index (χ2v) is 11.3. The highest BCUT2D eigenvalue weighted by Crippen LogP contribution is 2.52. The molecule has 1 spiro atoms. The molecule has 1 fully saturated rings. The molecular weight excluding hydrogens is 495 g/mol. The van der Waals surface area contributed by atoms with E-state index in [9.17, 15) is 21.6 Å². The number of fused-ring (bicyclic) bond motifs is 2. The summed E-state index contributed by atoms with van der Waals surface area (Å²) in [6.07, 6.45) is 10.5. The van der Waals surface area contributed by atoms with E-state index in [1.54, 1.807) is 6.07 Å². The van der Waals surface area contributed by atoms with Crippen LogP contribution in [-0.4, -0.2) is 18.9 Å². The molecule has 4 nitrogen and oxygen atoms in total. The smallest absolute Gasteiger partial charge is 0.376 e. The van der Waals surface area contributed by atoms with Crippen molar-refractivity contribution in [3.8, 4) is 17.0 Å². The lowest BCUT2D eigenvalue weighted by Gasteiger charge is -2.21. The normalized spacial score (nSPS) is 19.6. The van der Waals surface area contributed by atoms with Crippen LogP contribution >= 0.6 is 15.9 Å². The van der Waals surface area contributed by atoms with Crippen LogP contribution in [0.15, 0.2) is 22.8 Å². The number of nitrogens with zero attached hydrogens (tertiary/aromatic N) is 1. The third-order valence-electron chi connectivity index (χ3n) is 6.99. The van der Waals surface area contributed by atoms with Gasteiger partial charge < -0.3 is 4.18 Å². The number of rotatable bonds is 3. The quantitative estimate of drug-likeness (QED) is 0.377. The standard InChI is InChI=1S/C22H21BrF3NO3S/c23-18-12-27-20(17-11-21(10-16(17)18)8-1-2-9-21)15-6-7-19(14-5-3-4-13(14)15)30-31(28,29)22(24,25)26/h6-7,12H,1-5,8-11H2. The molecule has 0 bridgehead atoms. The van der Waals surface area contributed by atoms with Gasteiger partial charge in [0.15, 0.2) is 0 Å². The Hall–Kier alpha value is -1.61. The number of aromatic nitrogens is 1. The molecule has 0 aliphatic heterocycles. The average molecular weight is 516 g/mol. The summed E-state index contributed by atoms with van der Waals surface area (Å²) in [5.41, 5.74) is 0.446. The first-order chi connectivity index (χ1) is 14.6. The molecule has 0 N–H and O–H groups in total. The molecule has 166 valence electrons. The number of pyridine rings is 1. The van der Waals surface area contributed by atoms with Crippen molar-refractivity contribution in [3.63, 3.8) is 0 Å². The van der Waals surface area contributed by atoms with E-state index < -0.39 is 15.6 Å². The third-order valence-corrected chi connectivity index (χ3v) is 8.64. The second-order valence-electron chi connectivity index (χ2n) is 8.88. The van der Waals surface area contributed by atoms with Crippen molar-refractivity contribution in [3.05, 3.63) is 45.1 Å². The molecule has 1 heterocycles. The zero-order chi connectivity index (χ0) is 22.0. The molecule has 9 heteroatoms. The molecule has 0 radical (unpaired) electrons. The van der Waals surface area contributed by atoms with Crippen molar-refractivity contribution in [1.29, 1.82) is 0 Å². The summed E-state index contributed by atoms with van der Waals surface area (Å²) in [6, 6.07) is 3.01. The zero-order valence-corrected chi connectivity index (χ0v) is 19.1. The van der Waals surface area contributed by atoms with Gasteiger partial charge in [-0.3, -0.25) is 4.98 Å². The van der Waals surface area contributed by atoms with E-state index in [2.05, 4.69) is 20.1 Å². The topological polar surface area (TPSA) is 56.3 Å². The van der Waals surface area contributed by atoms with Gasteiger partial charge in [0.05, 0.1) is 5.69 Å². The molecule has 0 saturated heterocycles. The maximum Gasteiger partial charge on any atom is 0.534 e. The summed E-state index contributed by atoms with van der Waals surface area (Å²) in [7, 11) is -5.70. The second kappa shape index (κ2) is 7.20.